The predicted octanol–water partition coefficient (Wildman–Crippen LogP) is 2.38. The lowest BCUT2D eigenvalue weighted by Crippen LogP contribution is -2.34. The van der Waals surface area contributed by atoms with E-state index in [-0.39, 0.29) is 0 Å². The minimum atomic E-state index is -0.889. The molecule has 5 heteroatoms. The molecule has 1 atom stereocenters. The molecule has 0 aliphatic carbocycles. The van der Waals surface area contributed by atoms with Gasteiger partial charge in [0.05, 0.1) is 16.6 Å². The van der Waals surface area contributed by atoms with Crippen LogP contribution in [0.4, 0.5) is 0 Å². The normalized spacial score (nSPS) is 20.0. The highest BCUT2D eigenvalue weighted by Crippen LogP contribution is 2.23. The Bertz CT molecular complexity index is 677. The fourth-order valence-corrected chi connectivity index (χ4v) is 3.29. The van der Waals surface area contributed by atoms with Crippen LogP contribution in [-0.4, -0.2) is 45.7 Å². The third-order valence-corrected chi connectivity index (χ3v) is 4.35. The molecule has 21 heavy (non-hydrogen) atoms. The molecule has 1 aromatic heterocycles. The number of carboxylic acid groups (broad SMARTS) is 1. The van der Waals surface area contributed by atoms with Gasteiger partial charge in [-0.1, -0.05) is 0 Å². The average molecular weight is 287 g/mol. The predicted molar refractivity (Wildman–Crippen MR) is 81.7 cm³/mol. The first-order valence-electron chi connectivity index (χ1n) is 7.43. The number of imidazole rings is 1. The molecule has 112 valence electrons. The van der Waals surface area contributed by atoms with Crippen molar-refractivity contribution < 1.29 is 9.90 Å². The summed E-state index contributed by atoms with van der Waals surface area (Å²) in [5.41, 5.74) is 2.13. The van der Waals surface area contributed by atoms with Crippen LogP contribution in [0.25, 0.3) is 11.0 Å². The van der Waals surface area contributed by atoms with Crippen LogP contribution >= 0.6 is 0 Å². The lowest BCUT2D eigenvalue weighted by Gasteiger charge is -2.30. The largest absolute Gasteiger partial charge is 0.478 e. The fourth-order valence-electron chi connectivity index (χ4n) is 3.29. The number of nitrogens with zero attached hydrogens (tertiary/aromatic N) is 3. The molecule has 3 rings (SSSR count). The fraction of sp³-hybridized carbons (Fsp3) is 0.500. The number of aryl methyl sites for hydroxylation is 1. The van der Waals surface area contributed by atoms with Crippen molar-refractivity contribution in [1.29, 1.82) is 0 Å². The molecule has 0 spiro atoms. The Kier molecular flexibility index (Phi) is 3.68. The highest BCUT2D eigenvalue weighted by molar-refractivity contribution is 5.92. The molecule has 0 saturated carbocycles. The van der Waals surface area contributed by atoms with Crippen molar-refractivity contribution in [3.8, 4) is 0 Å². The van der Waals surface area contributed by atoms with E-state index in [4.69, 9.17) is 5.11 Å². The minimum Gasteiger partial charge on any atom is -0.478 e. The van der Waals surface area contributed by atoms with Gasteiger partial charge in [-0.2, -0.15) is 0 Å². The Morgan fingerprint density at radius 2 is 2.29 bits per heavy atom. The molecule has 2 aromatic rings. The van der Waals surface area contributed by atoms with Crippen LogP contribution in [0.5, 0.6) is 0 Å². The van der Waals surface area contributed by atoms with Crippen LogP contribution in [0, 0.1) is 12.8 Å². The Morgan fingerprint density at radius 3 is 3.00 bits per heavy atom. The number of piperidine rings is 1. The number of aromatic nitrogens is 2. The van der Waals surface area contributed by atoms with E-state index in [2.05, 4.69) is 21.5 Å². The summed E-state index contributed by atoms with van der Waals surface area (Å²) in [5.74, 6) is 0.675. The summed E-state index contributed by atoms with van der Waals surface area (Å²) >= 11 is 0. The monoisotopic (exact) mass is 287 g/mol. The van der Waals surface area contributed by atoms with Crippen LogP contribution in [0.2, 0.25) is 0 Å². The molecule has 5 nitrogen and oxygen atoms in total. The summed E-state index contributed by atoms with van der Waals surface area (Å²) in [6, 6.07) is 5.16. The van der Waals surface area contributed by atoms with Crippen LogP contribution in [0.1, 0.15) is 29.0 Å². The first kappa shape index (κ1) is 14.1. The maximum Gasteiger partial charge on any atom is 0.335 e. The van der Waals surface area contributed by atoms with Crippen molar-refractivity contribution in [2.24, 2.45) is 5.92 Å². The van der Waals surface area contributed by atoms with Crippen molar-refractivity contribution >= 4 is 17.0 Å². The summed E-state index contributed by atoms with van der Waals surface area (Å²) in [7, 11) is 2.16. The summed E-state index contributed by atoms with van der Waals surface area (Å²) < 4.78 is 2.17. The highest BCUT2D eigenvalue weighted by atomic mass is 16.4. The molecule has 1 N–H and O–H groups in total. The summed E-state index contributed by atoms with van der Waals surface area (Å²) in [6.07, 6.45) is 2.45. The molecular formula is C16H21N3O2. The smallest absolute Gasteiger partial charge is 0.335 e. The van der Waals surface area contributed by atoms with Crippen LogP contribution in [0.15, 0.2) is 18.2 Å². The van der Waals surface area contributed by atoms with Crippen LogP contribution in [0.3, 0.4) is 0 Å². The molecular weight excluding hydrogens is 266 g/mol. The molecule has 0 bridgehead atoms. The lowest BCUT2D eigenvalue weighted by atomic mass is 9.98. The van der Waals surface area contributed by atoms with Gasteiger partial charge in [-0.25, -0.2) is 9.78 Å². The van der Waals surface area contributed by atoms with Crippen molar-refractivity contribution in [2.75, 3.05) is 20.1 Å². The Labute approximate surface area is 124 Å². The topological polar surface area (TPSA) is 58.4 Å². The quantitative estimate of drug-likeness (QED) is 0.941. The number of likely N-dealkylation sites (tertiary alicyclic amines) is 1. The third kappa shape index (κ3) is 2.78. The zero-order chi connectivity index (χ0) is 15.0. The third-order valence-electron chi connectivity index (χ3n) is 4.35. The van der Waals surface area contributed by atoms with Gasteiger partial charge in [0.15, 0.2) is 0 Å². The Balaban J connectivity index is 1.94. The van der Waals surface area contributed by atoms with Gasteiger partial charge in [-0.15, -0.1) is 0 Å². The first-order valence-corrected chi connectivity index (χ1v) is 7.43. The Hall–Kier alpha value is -1.88. The van der Waals surface area contributed by atoms with Crippen molar-refractivity contribution in [2.45, 2.75) is 26.3 Å². The minimum absolute atomic E-state index is 0.324. The molecule has 0 amide bonds. The van der Waals surface area contributed by atoms with Gasteiger partial charge < -0.3 is 14.6 Å². The second-order valence-corrected chi connectivity index (χ2v) is 6.05. The van der Waals surface area contributed by atoms with Gasteiger partial charge in [0.1, 0.15) is 5.82 Å². The first-order chi connectivity index (χ1) is 10.0. The SMILES string of the molecule is Cc1nc2ccc(C(=O)O)cc2n1CC1CCCN(C)C1. The van der Waals surface area contributed by atoms with E-state index in [9.17, 15) is 4.79 Å². The molecule has 1 aromatic carbocycles. The van der Waals surface area contributed by atoms with E-state index < -0.39 is 5.97 Å². The van der Waals surface area contributed by atoms with Gasteiger partial charge in [-0.3, -0.25) is 0 Å². The Morgan fingerprint density at radius 1 is 1.48 bits per heavy atom. The maximum atomic E-state index is 11.2. The van der Waals surface area contributed by atoms with Gasteiger partial charge in [0.2, 0.25) is 0 Å². The number of carboxylic acids is 1. The number of benzene rings is 1. The molecule has 1 aliphatic heterocycles. The summed E-state index contributed by atoms with van der Waals surface area (Å²) in [5, 5.41) is 9.16. The molecule has 0 radical (unpaired) electrons. The second kappa shape index (κ2) is 5.48. The van der Waals surface area contributed by atoms with Crippen molar-refractivity contribution in [3.05, 3.63) is 29.6 Å². The average Bonchev–Trinajstić information content (AvgIpc) is 2.74. The van der Waals surface area contributed by atoms with Gasteiger partial charge >= 0.3 is 5.97 Å². The molecule has 1 aliphatic rings. The van der Waals surface area contributed by atoms with E-state index >= 15 is 0 Å². The molecule has 1 saturated heterocycles. The van der Waals surface area contributed by atoms with E-state index in [1.165, 1.54) is 19.4 Å². The van der Waals surface area contributed by atoms with Crippen LogP contribution in [-0.2, 0) is 6.54 Å². The molecule has 1 unspecified atom stereocenters. The molecule has 1 fully saturated rings. The van der Waals surface area contributed by atoms with E-state index in [0.29, 0.717) is 11.5 Å². The van der Waals surface area contributed by atoms with Crippen LogP contribution < -0.4 is 0 Å². The summed E-state index contributed by atoms with van der Waals surface area (Å²) in [4.78, 5) is 18.1. The van der Waals surface area contributed by atoms with Gasteiger partial charge in [0, 0.05) is 13.1 Å². The highest BCUT2D eigenvalue weighted by Gasteiger charge is 2.20. The zero-order valence-electron chi connectivity index (χ0n) is 12.5. The van der Waals surface area contributed by atoms with Gasteiger partial charge in [-0.05, 0) is 57.5 Å². The standard InChI is InChI=1S/C16H21N3O2/c1-11-17-14-6-5-13(16(20)21)8-15(14)19(11)10-12-4-3-7-18(2)9-12/h5-6,8,12H,3-4,7,9-10H2,1-2H3,(H,20,21). The van der Waals surface area contributed by atoms with Crippen molar-refractivity contribution in [3.63, 3.8) is 0 Å². The zero-order valence-corrected chi connectivity index (χ0v) is 12.5. The number of fused-ring (bicyclic) bond motifs is 1. The number of rotatable bonds is 3. The van der Waals surface area contributed by atoms with E-state index in [1.54, 1.807) is 18.2 Å². The van der Waals surface area contributed by atoms with E-state index in [0.717, 1.165) is 29.9 Å². The van der Waals surface area contributed by atoms with Gasteiger partial charge in [0.25, 0.3) is 0 Å². The number of aromatic carboxylic acids is 1. The molecule has 2 heterocycles. The number of hydrogen-bond acceptors (Lipinski definition) is 3. The van der Waals surface area contributed by atoms with Crippen molar-refractivity contribution in [1.82, 2.24) is 14.5 Å². The number of carbonyl (C=O) groups is 1. The summed E-state index contributed by atoms with van der Waals surface area (Å²) in [6.45, 7) is 5.17. The number of hydrogen-bond donors (Lipinski definition) is 1. The van der Waals surface area contributed by atoms with E-state index in [1.807, 2.05) is 6.92 Å². The maximum absolute atomic E-state index is 11.2. The second-order valence-electron chi connectivity index (χ2n) is 6.05. The lowest BCUT2D eigenvalue weighted by molar-refractivity contribution is 0.0697.